The van der Waals surface area contributed by atoms with Gasteiger partial charge >= 0.3 is 0 Å². The van der Waals surface area contributed by atoms with E-state index in [1.807, 2.05) is 25.1 Å². The van der Waals surface area contributed by atoms with Crippen molar-refractivity contribution in [2.75, 3.05) is 18.5 Å². The Labute approximate surface area is 112 Å². The fraction of sp³-hybridized carbons (Fsp3) is 0.462. The van der Waals surface area contributed by atoms with Crippen molar-refractivity contribution in [3.05, 3.63) is 18.2 Å². The standard InChI is InChI=1S/C13H19N3O3/c1-2-10(13(14)16-17)15-9-4-5-11-12(8-9)19-7-3-6-18-11/h4-5,8,10,15,17H,2-3,6-7H2,1H3,(H2,14,16). The van der Waals surface area contributed by atoms with E-state index in [-0.39, 0.29) is 11.9 Å². The number of nitrogens with two attached hydrogens (primary N) is 1. The number of ether oxygens (including phenoxy) is 2. The molecule has 0 bridgehead atoms. The molecule has 2 rings (SSSR count). The molecule has 0 saturated carbocycles. The van der Waals surface area contributed by atoms with Crippen molar-refractivity contribution in [1.82, 2.24) is 0 Å². The topological polar surface area (TPSA) is 89.1 Å². The van der Waals surface area contributed by atoms with E-state index >= 15 is 0 Å². The third kappa shape index (κ3) is 3.21. The van der Waals surface area contributed by atoms with Crippen molar-refractivity contribution in [3.63, 3.8) is 0 Å². The van der Waals surface area contributed by atoms with Crippen LogP contribution < -0.4 is 20.5 Å². The Morgan fingerprint density at radius 2 is 2.16 bits per heavy atom. The molecule has 4 N–H and O–H groups in total. The van der Waals surface area contributed by atoms with Gasteiger partial charge in [0.05, 0.1) is 19.3 Å². The van der Waals surface area contributed by atoms with Crippen molar-refractivity contribution < 1.29 is 14.7 Å². The molecule has 104 valence electrons. The lowest BCUT2D eigenvalue weighted by atomic mass is 10.2. The predicted octanol–water partition coefficient (Wildman–Crippen LogP) is 1.78. The van der Waals surface area contributed by atoms with Gasteiger partial charge in [-0.3, -0.25) is 0 Å². The van der Waals surface area contributed by atoms with E-state index in [4.69, 9.17) is 20.4 Å². The van der Waals surface area contributed by atoms with Crippen molar-refractivity contribution >= 4 is 11.5 Å². The van der Waals surface area contributed by atoms with Crippen LogP contribution in [0.5, 0.6) is 11.5 Å². The molecule has 1 heterocycles. The van der Waals surface area contributed by atoms with Crippen LogP contribution in [0.1, 0.15) is 19.8 Å². The lowest BCUT2D eigenvalue weighted by molar-refractivity contribution is 0.297. The molecule has 1 aliphatic heterocycles. The molecule has 19 heavy (non-hydrogen) atoms. The van der Waals surface area contributed by atoms with E-state index < -0.39 is 0 Å². The van der Waals surface area contributed by atoms with E-state index in [1.165, 1.54) is 0 Å². The second-order valence-electron chi connectivity index (χ2n) is 4.34. The third-order valence-electron chi connectivity index (χ3n) is 2.97. The van der Waals surface area contributed by atoms with Crippen LogP contribution in [0.25, 0.3) is 0 Å². The van der Waals surface area contributed by atoms with Crippen LogP contribution >= 0.6 is 0 Å². The average molecular weight is 265 g/mol. The summed E-state index contributed by atoms with van der Waals surface area (Å²) >= 11 is 0. The molecule has 1 atom stereocenters. The second-order valence-corrected chi connectivity index (χ2v) is 4.34. The minimum Gasteiger partial charge on any atom is -0.490 e. The molecule has 1 aliphatic rings. The van der Waals surface area contributed by atoms with E-state index in [2.05, 4.69) is 10.5 Å². The van der Waals surface area contributed by atoms with Gasteiger partial charge in [-0.05, 0) is 18.6 Å². The van der Waals surface area contributed by atoms with E-state index in [1.54, 1.807) is 0 Å². The smallest absolute Gasteiger partial charge is 0.163 e. The summed E-state index contributed by atoms with van der Waals surface area (Å²) in [7, 11) is 0. The molecular formula is C13H19N3O3. The molecule has 6 nitrogen and oxygen atoms in total. The van der Waals surface area contributed by atoms with Crippen molar-refractivity contribution in [1.29, 1.82) is 0 Å². The van der Waals surface area contributed by atoms with Crippen LogP contribution in [0, 0.1) is 0 Å². The molecule has 0 aliphatic carbocycles. The number of anilines is 1. The first-order chi connectivity index (χ1) is 9.24. The summed E-state index contributed by atoms with van der Waals surface area (Å²) in [6.07, 6.45) is 1.59. The van der Waals surface area contributed by atoms with Gasteiger partial charge < -0.3 is 25.7 Å². The Kier molecular flexibility index (Phi) is 4.33. The highest BCUT2D eigenvalue weighted by atomic mass is 16.5. The third-order valence-corrected chi connectivity index (χ3v) is 2.97. The van der Waals surface area contributed by atoms with Gasteiger partial charge in [-0.25, -0.2) is 0 Å². The number of fused-ring (bicyclic) bond motifs is 1. The first-order valence-corrected chi connectivity index (χ1v) is 6.38. The largest absolute Gasteiger partial charge is 0.490 e. The highest BCUT2D eigenvalue weighted by molar-refractivity contribution is 5.87. The lowest BCUT2D eigenvalue weighted by Crippen LogP contribution is -2.35. The van der Waals surface area contributed by atoms with Gasteiger partial charge in [0.25, 0.3) is 0 Å². The van der Waals surface area contributed by atoms with Gasteiger partial charge in [-0.2, -0.15) is 0 Å². The summed E-state index contributed by atoms with van der Waals surface area (Å²) < 4.78 is 11.2. The average Bonchev–Trinajstić information content (AvgIpc) is 2.68. The van der Waals surface area contributed by atoms with Crippen molar-refractivity contribution in [2.24, 2.45) is 10.9 Å². The van der Waals surface area contributed by atoms with E-state index in [0.717, 1.165) is 23.6 Å². The highest BCUT2D eigenvalue weighted by Gasteiger charge is 2.14. The van der Waals surface area contributed by atoms with Gasteiger partial charge in [0.1, 0.15) is 0 Å². The van der Waals surface area contributed by atoms with Crippen LogP contribution in [-0.2, 0) is 0 Å². The molecule has 1 aromatic rings. The quantitative estimate of drug-likeness (QED) is 0.334. The summed E-state index contributed by atoms with van der Waals surface area (Å²) in [5, 5.41) is 15.0. The minimum absolute atomic E-state index is 0.162. The van der Waals surface area contributed by atoms with Crippen LogP contribution in [0.15, 0.2) is 23.4 Å². The SMILES string of the molecule is CCC(Nc1ccc2c(c1)OCCCO2)C(N)=NO. The number of rotatable bonds is 4. The summed E-state index contributed by atoms with van der Waals surface area (Å²) in [5.41, 5.74) is 6.47. The maximum absolute atomic E-state index is 8.72. The Morgan fingerprint density at radius 3 is 2.84 bits per heavy atom. The van der Waals surface area contributed by atoms with Gasteiger partial charge in [0.2, 0.25) is 0 Å². The molecule has 0 spiro atoms. The van der Waals surface area contributed by atoms with Crippen LogP contribution in [0.4, 0.5) is 5.69 Å². The highest BCUT2D eigenvalue weighted by Crippen LogP contribution is 2.32. The number of benzene rings is 1. The Morgan fingerprint density at radius 1 is 1.42 bits per heavy atom. The van der Waals surface area contributed by atoms with Crippen LogP contribution in [0.2, 0.25) is 0 Å². The number of hydrogen-bond acceptors (Lipinski definition) is 5. The molecule has 0 amide bonds. The summed E-state index contributed by atoms with van der Waals surface area (Å²) in [6.45, 7) is 3.27. The first kappa shape index (κ1) is 13.3. The Bertz CT molecular complexity index is 462. The zero-order chi connectivity index (χ0) is 13.7. The van der Waals surface area contributed by atoms with Crippen LogP contribution in [-0.4, -0.2) is 30.3 Å². The molecular weight excluding hydrogens is 246 g/mol. The van der Waals surface area contributed by atoms with E-state index in [0.29, 0.717) is 19.6 Å². The predicted molar refractivity (Wildman–Crippen MR) is 73.2 cm³/mol. The molecule has 0 saturated heterocycles. The minimum atomic E-state index is -0.213. The summed E-state index contributed by atoms with van der Waals surface area (Å²) in [5.74, 6) is 1.63. The number of nitrogens with zero attached hydrogens (tertiary/aromatic N) is 1. The molecule has 0 aromatic heterocycles. The zero-order valence-corrected chi connectivity index (χ0v) is 10.9. The fourth-order valence-electron chi connectivity index (χ4n) is 1.91. The fourth-order valence-corrected chi connectivity index (χ4v) is 1.91. The van der Waals surface area contributed by atoms with Gasteiger partial charge in [-0.1, -0.05) is 12.1 Å². The zero-order valence-electron chi connectivity index (χ0n) is 10.9. The van der Waals surface area contributed by atoms with Crippen molar-refractivity contribution in [3.8, 4) is 11.5 Å². The van der Waals surface area contributed by atoms with Crippen LogP contribution in [0.3, 0.4) is 0 Å². The maximum atomic E-state index is 8.72. The molecule has 1 unspecified atom stereocenters. The number of oxime groups is 1. The maximum Gasteiger partial charge on any atom is 0.163 e. The first-order valence-electron chi connectivity index (χ1n) is 6.38. The number of amidine groups is 1. The number of hydrogen-bond donors (Lipinski definition) is 3. The van der Waals surface area contributed by atoms with Gasteiger partial charge in [-0.15, -0.1) is 0 Å². The monoisotopic (exact) mass is 265 g/mol. The summed E-state index contributed by atoms with van der Waals surface area (Å²) in [6, 6.07) is 5.41. The van der Waals surface area contributed by atoms with E-state index in [9.17, 15) is 0 Å². The number of nitrogens with one attached hydrogen (secondary N) is 1. The summed E-state index contributed by atoms with van der Waals surface area (Å²) in [4.78, 5) is 0. The molecule has 0 fully saturated rings. The Hall–Kier alpha value is -2.11. The Balaban J connectivity index is 2.15. The van der Waals surface area contributed by atoms with Gasteiger partial charge in [0, 0.05) is 18.2 Å². The lowest BCUT2D eigenvalue weighted by Gasteiger charge is -2.17. The molecule has 1 aromatic carbocycles. The second kappa shape index (κ2) is 6.17. The molecule has 6 heteroatoms. The van der Waals surface area contributed by atoms with Crippen molar-refractivity contribution in [2.45, 2.75) is 25.8 Å². The normalized spacial score (nSPS) is 16.6. The van der Waals surface area contributed by atoms with Gasteiger partial charge in [0.15, 0.2) is 17.3 Å². The molecule has 0 radical (unpaired) electrons.